The van der Waals surface area contributed by atoms with Gasteiger partial charge in [-0.05, 0) is 85.9 Å². The number of aliphatic hydroxyl groups is 2. The highest BCUT2D eigenvalue weighted by atomic mass is 16.5. The van der Waals surface area contributed by atoms with Crippen molar-refractivity contribution < 1.29 is 19.7 Å². The van der Waals surface area contributed by atoms with Crippen molar-refractivity contribution in [1.82, 2.24) is 0 Å². The normalized spacial score (nSPS) is 62.9. The number of Topliss-reactive ketones (excluding diaryl/α,β-unsaturated/α-hetero) is 1. The number of carbonyl (C=O) groups excluding carboxylic acids is 1. The molecule has 0 aromatic carbocycles. The lowest BCUT2D eigenvalue weighted by Gasteiger charge is -2.74. The van der Waals surface area contributed by atoms with E-state index in [0.29, 0.717) is 30.0 Å². The third-order valence-corrected chi connectivity index (χ3v) is 14.4. The van der Waals surface area contributed by atoms with Crippen LogP contribution >= 0.6 is 0 Å². The second-order valence-corrected chi connectivity index (χ2v) is 15.0. The lowest BCUT2D eigenvalue weighted by Crippen LogP contribution is -2.75. The molecule has 6 aliphatic rings. The SMILES string of the molecule is C[C@@H]1CCC23CC[C@]4(C)C(OC2)(C(=O)CC2[C@@]5(C)CC[C@H](O)[C@@](C)(CO)C5CC[C@]24C)C3[C@H]1C. The van der Waals surface area contributed by atoms with E-state index in [1.807, 2.05) is 0 Å². The molecule has 4 heteroatoms. The fraction of sp³-hybridized carbons (Fsp3) is 0.967. The minimum Gasteiger partial charge on any atom is -0.396 e. The number of carbonyl (C=O) groups is 1. The highest BCUT2D eigenvalue weighted by Crippen LogP contribution is 2.79. The Hall–Kier alpha value is -0.450. The average molecular weight is 473 g/mol. The van der Waals surface area contributed by atoms with E-state index in [1.54, 1.807) is 0 Å². The van der Waals surface area contributed by atoms with Gasteiger partial charge in [-0.1, -0.05) is 41.5 Å². The predicted octanol–water partition coefficient (Wildman–Crippen LogP) is 5.39. The minimum atomic E-state index is -0.623. The van der Waals surface area contributed by atoms with Gasteiger partial charge in [0, 0.05) is 28.6 Å². The van der Waals surface area contributed by atoms with E-state index in [-0.39, 0.29) is 40.1 Å². The molecule has 0 aromatic rings. The molecule has 5 saturated carbocycles. The summed E-state index contributed by atoms with van der Waals surface area (Å²) >= 11 is 0. The second-order valence-electron chi connectivity index (χ2n) is 15.0. The van der Waals surface area contributed by atoms with Gasteiger partial charge in [-0.15, -0.1) is 0 Å². The Morgan fingerprint density at radius 2 is 1.68 bits per heavy atom. The number of rotatable bonds is 1. The molecule has 0 amide bonds. The van der Waals surface area contributed by atoms with E-state index in [0.717, 1.165) is 38.7 Å². The molecule has 2 N–H and O–H groups in total. The fourth-order valence-corrected chi connectivity index (χ4v) is 12.0. The van der Waals surface area contributed by atoms with Gasteiger partial charge in [0.05, 0.1) is 19.3 Å². The Balaban J connectivity index is 1.48. The Kier molecular flexibility index (Phi) is 4.85. The molecule has 0 aromatic heterocycles. The van der Waals surface area contributed by atoms with Gasteiger partial charge in [0.15, 0.2) is 5.78 Å². The van der Waals surface area contributed by atoms with Crippen LogP contribution < -0.4 is 0 Å². The van der Waals surface area contributed by atoms with Crippen LogP contribution in [0.1, 0.15) is 99.3 Å². The summed E-state index contributed by atoms with van der Waals surface area (Å²) in [6.07, 6.45) is 8.72. The Labute approximate surface area is 206 Å². The smallest absolute Gasteiger partial charge is 0.165 e. The zero-order valence-electron chi connectivity index (χ0n) is 22.5. The largest absolute Gasteiger partial charge is 0.396 e. The number of fused-ring (bicyclic) bond motifs is 4. The van der Waals surface area contributed by atoms with Crippen molar-refractivity contribution in [3.05, 3.63) is 0 Å². The molecule has 1 heterocycles. The van der Waals surface area contributed by atoms with Crippen molar-refractivity contribution in [1.29, 1.82) is 0 Å². The number of aliphatic hydroxyl groups excluding tert-OH is 2. The van der Waals surface area contributed by atoms with Gasteiger partial charge in [-0.2, -0.15) is 0 Å². The number of hydrogen-bond donors (Lipinski definition) is 2. The zero-order chi connectivity index (χ0) is 24.5. The second kappa shape index (κ2) is 6.90. The Morgan fingerprint density at radius 1 is 0.941 bits per heavy atom. The summed E-state index contributed by atoms with van der Waals surface area (Å²) in [5.74, 6) is 2.45. The summed E-state index contributed by atoms with van der Waals surface area (Å²) < 4.78 is 6.97. The summed E-state index contributed by atoms with van der Waals surface area (Å²) in [6, 6.07) is 0. The third kappa shape index (κ3) is 2.32. The molecule has 1 aliphatic heterocycles. The van der Waals surface area contributed by atoms with Crippen LogP contribution in [-0.2, 0) is 9.53 Å². The topological polar surface area (TPSA) is 66.8 Å². The highest BCUT2D eigenvalue weighted by molar-refractivity contribution is 5.91. The highest BCUT2D eigenvalue weighted by Gasteiger charge is 2.81. The summed E-state index contributed by atoms with van der Waals surface area (Å²) in [5.41, 5.74) is -1.07. The summed E-state index contributed by atoms with van der Waals surface area (Å²) in [5, 5.41) is 21.4. The molecular weight excluding hydrogens is 424 g/mol. The molecule has 34 heavy (non-hydrogen) atoms. The van der Waals surface area contributed by atoms with Crippen molar-refractivity contribution in [2.24, 2.45) is 56.7 Å². The van der Waals surface area contributed by atoms with Crippen molar-refractivity contribution in [2.45, 2.75) is 111 Å². The molecule has 192 valence electrons. The molecule has 5 unspecified atom stereocenters. The van der Waals surface area contributed by atoms with Crippen LogP contribution in [0.4, 0.5) is 0 Å². The molecule has 0 radical (unpaired) electrons. The lowest BCUT2D eigenvalue weighted by atomic mass is 9.30. The Bertz CT molecular complexity index is 902. The van der Waals surface area contributed by atoms with Gasteiger partial charge in [0.2, 0.25) is 0 Å². The third-order valence-electron chi connectivity index (χ3n) is 14.4. The maximum absolute atomic E-state index is 14.6. The Morgan fingerprint density at radius 3 is 2.38 bits per heavy atom. The van der Waals surface area contributed by atoms with Crippen molar-refractivity contribution in [3.63, 3.8) is 0 Å². The van der Waals surface area contributed by atoms with E-state index in [2.05, 4.69) is 41.5 Å². The van der Waals surface area contributed by atoms with Crippen LogP contribution in [-0.4, -0.2) is 40.9 Å². The van der Waals surface area contributed by atoms with Gasteiger partial charge in [-0.3, -0.25) is 4.79 Å². The fourth-order valence-electron chi connectivity index (χ4n) is 12.0. The molecule has 4 nitrogen and oxygen atoms in total. The van der Waals surface area contributed by atoms with Crippen LogP contribution in [0.5, 0.6) is 0 Å². The average Bonchev–Trinajstić information content (AvgIpc) is 3.09. The summed E-state index contributed by atoms with van der Waals surface area (Å²) in [4.78, 5) is 14.6. The number of ether oxygens (including phenoxy) is 1. The monoisotopic (exact) mass is 472 g/mol. The standard InChI is InChI=1S/C30H48O4/c1-18-7-12-29-14-13-28(6)27(5)11-8-20-25(3,10-9-22(32)26(20,4)16-31)21(27)15-23(33)30(28,34-17-29)24(29)19(18)2/h18-22,24,31-32H,7-17H2,1-6H3/t18-,19+,20?,21?,22+,24?,25+,26+,27-,28+,29?,30?/m1/s1. The zero-order valence-corrected chi connectivity index (χ0v) is 22.5. The first-order valence-electron chi connectivity index (χ1n) is 14.3. The molecule has 6 fully saturated rings. The number of ketones is 1. The van der Waals surface area contributed by atoms with E-state index < -0.39 is 17.1 Å². The van der Waals surface area contributed by atoms with Crippen LogP contribution in [0.15, 0.2) is 0 Å². The van der Waals surface area contributed by atoms with Gasteiger partial charge in [0.1, 0.15) is 5.60 Å². The van der Waals surface area contributed by atoms with E-state index in [1.165, 1.54) is 19.3 Å². The predicted molar refractivity (Wildman–Crippen MR) is 132 cm³/mol. The van der Waals surface area contributed by atoms with Gasteiger partial charge in [-0.25, -0.2) is 0 Å². The minimum absolute atomic E-state index is 0.0239. The molecule has 1 saturated heterocycles. The summed E-state index contributed by atoms with van der Waals surface area (Å²) in [6.45, 7) is 15.1. The van der Waals surface area contributed by atoms with Crippen LogP contribution in [0.2, 0.25) is 0 Å². The molecule has 5 aliphatic carbocycles. The first kappa shape index (κ1) is 23.9. The van der Waals surface area contributed by atoms with Gasteiger partial charge in [0.25, 0.3) is 0 Å². The maximum atomic E-state index is 14.6. The molecule has 12 atom stereocenters. The maximum Gasteiger partial charge on any atom is 0.165 e. The molecule has 6 rings (SSSR count). The molecular formula is C30H48O4. The van der Waals surface area contributed by atoms with Crippen molar-refractivity contribution in [2.75, 3.05) is 13.2 Å². The van der Waals surface area contributed by atoms with E-state index in [9.17, 15) is 15.0 Å². The molecule has 2 bridgehead atoms. The van der Waals surface area contributed by atoms with Crippen LogP contribution in [0, 0.1) is 56.7 Å². The van der Waals surface area contributed by atoms with Gasteiger partial charge < -0.3 is 14.9 Å². The van der Waals surface area contributed by atoms with Crippen molar-refractivity contribution >= 4 is 5.78 Å². The van der Waals surface area contributed by atoms with E-state index in [4.69, 9.17) is 4.74 Å². The van der Waals surface area contributed by atoms with Gasteiger partial charge >= 0.3 is 0 Å². The van der Waals surface area contributed by atoms with Crippen LogP contribution in [0.25, 0.3) is 0 Å². The van der Waals surface area contributed by atoms with Crippen molar-refractivity contribution in [3.8, 4) is 0 Å². The first-order chi connectivity index (χ1) is 15.9. The van der Waals surface area contributed by atoms with E-state index >= 15 is 0 Å². The quantitative estimate of drug-likeness (QED) is 0.537. The lowest BCUT2D eigenvalue weighted by molar-refractivity contribution is -0.276. The molecule has 1 spiro atoms. The summed E-state index contributed by atoms with van der Waals surface area (Å²) in [7, 11) is 0. The first-order valence-corrected chi connectivity index (χ1v) is 14.3. The van der Waals surface area contributed by atoms with Crippen LogP contribution in [0.3, 0.4) is 0 Å². The number of hydrogen-bond acceptors (Lipinski definition) is 4.